The predicted octanol–water partition coefficient (Wildman–Crippen LogP) is 13.3. The monoisotopic (exact) mass is 627 g/mol. The largest absolute Gasteiger partial charge is 0.456 e. The number of furan rings is 1. The van der Waals surface area contributed by atoms with Gasteiger partial charge in [-0.05, 0) is 116 Å². The average molecular weight is 628 g/mol. The molecule has 0 amide bonds. The summed E-state index contributed by atoms with van der Waals surface area (Å²) in [7, 11) is 0. The molecule has 0 saturated carbocycles. The number of nitrogens with zero attached hydrogens (tertiary/aromatic N) is 1. The maximum absolute atomic E-state index is 6.23. The minimum atomic E-state index is -0.0964. The van der Waals surface area contributed by atoms with Crippen LogP contribution in [0.3, 0.4) is 0 Å². The van der Waals surface area contributed by atoms with Crippen molar-refractivity contribution in [3.8, 4) is 22.3 Å². The number of hydrogen-bond donors (Lipinski definition) is 0. The molecule has 2 heteroatoms. The Morgan fingerprint density at radius 3 is 1.86 bits per heavy atom. The zero-order chi connectivity index (χ0) is 32.7. The minimum Gasteiger partial charge on any atom is -0.456 e. The highest BCUT2D eigenvalue weighted by Gasteiger charge is 2.35. The highest BCUT2D eigenvalue weighted by molar-refractivity contribution is 6.07. The van der Waals surface area contributed by atoms with E-state index in [1.807, 2.05) is 12.1 Å². The lowest BCUT2D eigenvalue weighted by Gasteiger charge is -2.28. The summed E-state index contributed by atoms with van der Waals surface area (Å²) in [5, 5.41) is 7.19. The number of para-hydroxylation sites is 1. The van der Waals surface area contributed by atoms with E-state index in [-0.39, 0.29) is 5.41 Å². The molecule has 9 aromatic rings. The summed E-state index contributed by atoms with van der Waals surface area (Å²) in [6, 6.07) is 59.7. The molecule has 10 rings (SSSR count). The normalized spacial score (nSPS) is 13.3. The molecule has 0 radical (unpaired) electrons. The van der Waals surface area contributed by atoms with Gasteiger partial charge in [0, 0.05) is 33.2 Å². The Bertz CT molecular complexity index is 2770. The summed E-state index contributed by atoms with van der Waals surface area (Å²) in [4.78, 5) is 2.40. The maximum Gasteiger partial charge on any atom is 0.135 e. The van der Waals surface area contributed by atoms with E-state index >= 15 is 0 Å². The van der Waals surface area contributed by atoms with Crippen molar-refractivity contribution in [1.82, 2.24) is 0 Å². The standard InChI is InChI=1S/C47H33NO/c1-47(2)43-13-7-5-11-39(43)40-23-21-38(29-44(40)47)48(37-22-24-46-42(28-37)41-12-6-8-14-45(41)49-46)36-20-19-34-26-33(17-18-35(34)27-36)32-16-15-30-9-3-4-10-31(30)25-32/h3-29H,1-2H3. The van der Waals surface area contributed by atoms with E-state index in [2.05, 4.69) is 170 Å². The number of anilines is 3. The summed E-state index contributed by atoms with van der Waals surface area (Å²) < 4.78 is 6.23. The van der Waals surface area contributed by atoms with Gasteiger partial charge in [0.2, 0.25) is 0 Å². The fraction of sp³-hybridized carbons (Fsp3) is 0.0638. The van der Waals surface area contributed by atoms with Crippen LogP contribution in [-0.2, 0) is 5.41 Å². The van der Waals surface area contributed by atoms with Crippen molar-refractivity contribution in [2.45, 2.75) is 19.3 Å². The summed E-state index contributed by atoms with van der Waals surface area (Å²) in [6.45, 7) is 4.69. The summed E-state index contributed by atoms with van der Waals surface area (Å²) in [5.74, 6) is 0. The Labute approximate surface area is 285 Å². The van der Waals surface area contributed by atoms with E-state index in [1.165, 1.54) is 54.9 Å². The van der Waals surface area contributed by atoms with E-state index in [0.717, 1.165) is 39.0 Å². The third-order valence-electron chi connectivity index (χ3n) is 10.6. The quantitative estimate of drug-likeness (QED) is 0.193. The van der Waals surface area contributed by atoms with Gasteiger partial charge in [0.25, 0.3) is 0 Å². The van der Waals surface area contributed by atoms with Gasteiger partial charge < -0.3 is 9.32 Å². The lowest BCUT2D eigenvalue weighted by atomic mass is 9.82. The molecule has 232 valence electrons. The number of benzene rings is 8. The van der Waals surface area contributed by atoms with Crippen molar-refractivity contribution in [3.05, 3.63) is 175 Å². The topological polar surface area (TPSA) is 16.4 Å². The molecular formula is C47H33NO. The Balaban J connectivity index is 1.13. The van der Waals surface area contributed by atoms with Crippen LogP contribution in [0.1, 0.15) is 25.0 Å². The zero-order valence-electron chi connectivity index (χ0n) is 27.4. The fourth-order valence-electron chi connectivity index (χ4n) is 8.05. The van der Waals surface area contributed by atoms with Crippen molar-refractivity contribution in [2.24, 2.45) is 0 Å². The second-order valence-corrected chi connectivity index (χ2v) is 13.8. The summed E-state index contributed by atoms with van der Waals surface area (Å²) >= 11 is 0. The Kier molecular flexibility index (Phi) is 5.95. The predicted molar refractivity (Wildman–Crippen MR) is 206 cm³/mol. The van der Waals surface area contributed by atoms with Crippen LogP contribution in [0.25, 0.3) is 65.7 Å². The van der Waals surface area contributed by atoms with Gasteiger partial charge in [-0.2, -0.15) is 0 Å². The molecule has 1 aromatic heterocycles. The first kappa shape index (κ1) is 27.9. The van der Waals surface area contributed by atoms with Crippen LogP contribution in [0, 0.1) is 0 Å². The highest BCUT2D eigenvalue weighted by Crippen LogP contribution is 2.51. The van der Waals surface area contributed by atoms with Gasteiger partial charge in [-0.1, -0.05) is 117 Å². The molecule has 49 heavy (non-hydrogen) atoms. The van der Waals surface area contributed by atoms with E-state index in [0.29, 0.717) is 0 Å². The summed E-state index contributed by atoms with van der Waals surface area (Å²) in [5.41, 5.74) is 12.9. The molecule has 0 fully saturated rings. The van der Waals surface area contributed by atoms with E-state index in [9.17, 15) is 0 Å². The van der Waals surface area contributed by atoms with Crippen LogP contribution in [-0.4, -0.2) is 0 Å². The van der Waals surface area contributed by atoms with Gasteiger partial charge >= 0.3 is 0 Å². The number of fused-ring (bicyclic) bond motifs is 8. The Morgan fingerprint density at radius 2 is 0.980 bits per heavy atom. The smallest absolute Gasteiger partial charge is 0.135 e. The first-order chi connectivity index (χ1) is 24.0. The Hall–Kier alpha value is -6.12. The van der Waals surface area contributed by atoms with Crippen LogP contribution >= 0.6 is 0 Å². The molecule has 1 aliphatic carbocycles. The van der Waals surface area contributed by atoms with Crippen molar-refractivity contribution in [1.29, 1.82) is 0 Å². The molecule has 1 heterocycles. The van der Waals surface area contributed by atoms with E-state index in [4.69, 9.17) is 4.42 Å². The van der Waals surface area contributed by atoms with Crippen molar-refractivity contribution < 1.29 is 4.42 Å². The summed E-state index contributed by atoms with van der Waals surface area (Å²) in [6.07, 6.45) is 0. The van der Waals surface area contributed by atoms with Crippen molar-refractivity contribution in [2.75, 3.05) is 4.90 Å². The Morgan fingerprint density at radius 1 is 0.408 bits per heavy atom. The van der Waals surface area contributed by atoms with Gasteiger partial charge in [-0.3, -0.25) is 0 Å². The second kappa shape index (κ2) is 10.4. The molecule has 0 N–H and O–H groups in total. The SMILES string of the molecule is CC1(C)c2ccccc2-c2ccc(N(c3ccc4cc(-c5ccc6ccccc6c5)ccc4c3)c3ccc4oc5ccccc5c4c3)cc21. The molecule has 0 saturated heterocycles. The van der Waals surface area contributed by atoms with E-state index < -0.39 is 0 Å². The van der Waals surface area contributed by atoms with Crippen LogP contribution in [0.2, 0.25) is 0 Å². The van der Waals surface area contributed by atoms with Crippen LogP contribution in [0.5, 0.6) is 0 Å². The lowest BCUT2D eigenvalue weighted by molar-refractivity contribution is 0.660. The molecule has 0 bridgehead atoms. The third kappa shape index (κ3) is 4.34. The molecular weight excluding hydrogens is 595 g/mol. The second-order valence-electron chi connectivity index (χ2n) is 13.8. The van der Waals surface area contributed by atoms with Gasteiger partial charge in [-0.25, -0.2) is 0 Å². The third-order valence-corrected chi connectivity index (χ3v) is 10.6. The highest BCUT2D eigenvalue weighted by atomic mass is 16.3. The molecule has 8 aromatic carbocycles. The molecule has 2 nitrogen and oxygen atoms in total. The molecule has 1 aliphatic rings. The van der Waals surface area contributed by atoms with Crippen molar-refractivity contribution in [3.63, 3.8) is 0 Å². The first-order valence-electron chi connectivity index (χ1n) is 17.0. The number of rotatable bonds is 4. The lowest BCUT2D eigenvalue weighted by Crippen LogP contribution is -2.16. The average Bonchev–Trinajstić information content (AvgIpc) is 3.63. The van der Waals surface area contributed by atoms with Gasteiger partial charge in [0.05, 0.1) is 0 Å². The molecule has 0 unspecified atom stereocenters. The molecule has 0 atom stereocenters. The van der Waals surface area contributed by atoms with Gasteiger partial charge in [0.1, 0.15) is 11.2 Å². The zero-order valence-corrected chi connectivity index (χ0v) is 27.4. The van der Waals surface area contributed by atoms with Gasteiger partial charge in [-0.15, -0.1) is 0 Å². The fourth-order valence-corrected chi connectivity index (χ4v) is 8.05. The van der Waals surface area contributed by atoms with Crippen LogP contribution < -0.4 is 4.90 Å². The van der Waals surface area contributed by atoms with E-state index in [1.54, 1.807) is 0 Å². The van der Waals surface area contributed by atoms with Crippen molar-refractivity contribution >= 4 is 60.5 Å². The maximum atomic E-state index is 6.23. The van der Waals surface area contributed by atoms with Crippen LogP contribution in [0.4, 0.5) is 17.1 Å². The minimum absolute atomic E-state index is 0.0964. The first-order valence-corrected chi connectivity index (χ1v) is 17.0. The molecule has 0 aliphatic heterocycles. The molecule has 0 spiro atoms. The number of hydrogen-bond acceptors (Lipinski definition) is 2. The van der Waals surface area contributed by atoms with Gasteiger partial charge in [0.15, 0.2) is 0 Å². The van der Waals surface area contributed by atoms with Crippen LogP contribution in [0.15, 0.2) is 168 Å².